The summed E-state index contributed by atoms with van der Waals surface area (Å²) in [5, 5.41) is 28.1. The van der Waals surface area contributed by atoms with Gasteiger partial charge in [-0.15, -0.1) is 0 Å². The van der Waals surface area contributed by atoms with Crippen molar-refractivity contribution in [3.05, 3.63) is 132 Å². The molecular weight excluding hydrogens is 697 g/mol. The molecule has 11 heteroatoms. The first-order valence-electron chi connectivity index (χ1n) is 18.5. The Labute approximate surface area is 319 Å². The summed E-state index contributed by atoms with van der Waals surface area (Å²) in [7, 11) is 0. The van der Waals surface area contributed by atoms with Crippen LogP contribution in [-0.4, -0.2) is 68.8 Å². The van der Waals surface area contributed by atoms with Gasteiger partial charge in [0.1, 0.15) is 23.6 Å². The third kappa shape index (κ3) is 7.67. The van der Waals surface area contributed by atoms with Crippen LogP contribution in [0.3, 0.4) is 0 Å². The van der Waals surface area contributed by atoms with Crippen LogP contribution in [0.25, 0.3) is 22.6 Å². The second-order valence-electron chi connectivity index (χ2n) is 14.5. The molecular formula is C44H44N4O7. The van der Waals surface area contributed by atoms with E-state index in [1.807, 2.05) is 48.5 Å². The van der Waals surface area contributed by atoms with E-state index in [1.54, 1.807) is 72.8 Å². The summed E-state index contributed by atoms with van der Waals surface area (Å²) in [6.45, 7) is 3.70. The van der Waals surface area contributed by atoms with E-state index in [9.17, 15) is 29.4 Å². The second kappa shape index (κ2) is 15.4. The van der Waals surface area contributed by atoms with Crippen molar-refractivity contribution in [1.82, 2.24) is 9.80 Å². The Bertz CT molecular complexity index is 2010. The molecule has 11 nitrogen and oxygen atoms in total. The zero-order valence-electron chi connectivity index (χ0n) is 30.8. The number of carbonyl (C=O) groups excluding carboxylic acids is 4. The van der Waals surface area contributed by atoms with Crippen LogP contribution in [0.1, 0.15) is 50.7 Å². The monoisotopic (exact) mass is 740 g/mol. The third-order valence-corrected chi connectivity index (χ3v) is 10.6. The maximum Gasteiger partial charge on any atom is 0.259 e. The van der Waals surface area contributed by atoms with Gasteiger partial charge in [-0.3, -0.25) is 19.2 Å². The van der Waals surface area contributed by atoms with Gasteiger partial charge in [-0.05, 0) is 111 Å². The summed E-state index contributed by atoms with van der Waals surface area (Å²) in [4.78, 5) is 56.4. The molecule has 4 amide bonds. The average Bonchev–Trinajstić information content (AvgIpc) is 4.01. The van der Waals surface area contributed by atoms with E-state index in [1.165, 1.54) is 23.6 Å². The molecule has 2 aliphatic heterocycles. The molecule has 4 aromatic carbocycles. The van der Waals surface area contributed by atoms with E-state index in [2.05, 4.69) is 10.6 Å². The van der Waals surface area contributed by atoms with Crippen molar-refractivity contribution in [1.29, 1.82) is 0 Å². The summed E-state index contributed by atoms with van der Waals surface area (Å²) < 4.78 is 6.17. The fourth-order valence-electron chi connectivity index (χ4n) is 7.43. The van der Waals surface area contributed by atoms with E-state index in [-0.39, 0.29) is 11.8 Å². The van der Waals surface area contributed by atoms with Gasteiger partial charge in [-0.25, -0.2) is 0 Å². The summed E-state index contributed by atoms with van der Waals surface area (Å²) in [5.74, 6) is -0.380. The highest BCUT2D eigenvalue weighted by atomic mass is 16.3. The molecule has 0 spiro atoms. The van der Waals surface area contributed by atoms with Crippen molar-refractivity contribution in [2.45, 2.75) is 62.8 Å². The van der Waals surface area contributed by atoms with Crippen LogP contribution in [0.15, 0.2) is 126 Å². The highest BCUT2D eigenvalue weighted by Crippen LogP contribution is 2.33. The van der Waals surface area contributed by atoms with Crippen LogP contribution >= 0.6 is 0 Å². The van der Waals surface area contributed by atoms with Crippen LogP contribution in [0.5, 0.6) is 0 Å². The first-order valence-corrected chi connectivity index (χ1v) is 18.5. The van der Waals surface area contributed by atoms with E-state index in [0.717, 1.165) is 11.1 Å². The molecule has 0 bridgehead atoms. The molecule has 2 saturated heterocycles. The molecule has 1 aromatic heterocycles. The second-order valence-corrected chi connectivity index (χ2v) is 14.5. The Hall–Kier alpha value is -6.04. The first-order chi connectivity index (χ1) is 26.4. The highest BCUT2D eigenvalue weighted by molar-refractivity contribution is 6.00. The number of aliphatic hydroxyl groups is 2. The Morgan fingerprint density at radius 3 is 1.29 bits per heavy atom. The number of benzene rings is 4. The number of likely N-dealkylation sites (tertiary alicyclic amines) is 2. The van der Waals surface area contributed by atoms with Gasteiger partial charge in [0.2, 0.25) is 11.8 Å². The lowest BCUT2D eigenvalue weighted by molar-refractivity contribution is -0.153. The minimum absolute atomic E-state index is 0.312. The number of hydrogen-bond donors (Lipinski definition) is 4. The molecule has 4 atom stereocenters. The zero-order chi connectivity index (χ0) is 38.7. The van der Waals surface area contributed by atoms with Crippen molar-refractivity contribution < 1.29 is 33.8 Å². The average molecular weight is 741 g/mol. The molecule has 5 aromatic rings. The maximum absolute atomic E-state index is 13.4. The summed E-state index contributed by atoms with van der Waals surface area (Å²) in [6, 6.07) is 34.2. The number of anilines is 2. The van der Waals surface area contributed by atoms with Crippen molar-refractivity contribution in [3.8, 4) is 22.6 Å². The van der Waals surface area contributed by atoms with E-state index in [0.29, 0.717) is 72.8 Å². The van der Waals surface area contributed by atoms with Gasteiger partial charge in [0.05, 0.1) is 0 Å². The van der Waals surface area contributed by atoms with Crippen molar-refractivity contribution in [2.75, 3.05) is 23.7 Å². The van der Waals surface area contributed by atoms with Crippen LogP contribution in [-0.2, 0) is 30.4 Å². The fraction of sp³-hybridized carbons (Fsp3) is 0.273. The Morgan fingerprint density at radius 1 is 0.564 bits per heavy atom. The molecule has 4 N–H and O–H groups in total. The van der Waals surface area contributed by atoms with Gasteiger partial charge < -0.3 is 35.1 Å². The van der Waals surface area contributed by atoms with Crippen LogP contribution in [0.2, 0.25) is 0 Å². The Morgan fingerprint density at radius 2 is 0.927 bits per heavy atom. The van der Waals surface area contributed by atoms with Gasteiger partial charge >= 0.3 is 0 Å². The minimum Gasteiger partial charge on any atom is -0.456 e. The van der Waals surface area contributed by atoms with Crippen LogP contribution in [0.4, 0.5) is 11.4 Å². The quantitative estimate of drug-likeness (QED) is 0.131. The van der Waals surface area contributed by atoms with Crippen molar-refractivity contribution in [3.63, 3.8) is 0 Å². The summed E-state index contributed by atoms with van der Waals surface area (Å²) >= 11 is 0. The SMILES string of the molecule is C[C@@](O)(C(=O)N1CCC[C@H]1C(=O)Nc1ccc(-c2ccc(-c3ccc(NC(=O)[C@@H]4CCCN4C(=O)[C@@](C)(O)c4ccccc4)cc3)o2)cc1)c1ccccc1. The smallest absolute Gasteiger partial charge is 0.259 e. The molecule has 3 heterocycles. The number of amides is 4. The van der Waals surface area contributed by atoms with Gasteiger partial charge in [0.15, 0.2) is 11.2 Å². The van der Waals surface area contributed by atoms with Crippen molar-refractivity contribution in [2.24, 2.45) is 0 Å². The van der Waals surface area contributed by atoms with Gasteiger partial charge in [0.25, 0.3) is 11.8 Å². The maximum atomic E-state index is 13.4. The zero-order valence-corrected chi connectivity index (χ0v) is 30.8. The van der Waals surface area contributed by atoms with Crippen LogP contribution in [0, 0.1) is 0 Å². The Balaban J connectivity index is 0.950. The lowest BCUT2D eigenvalue weighted by Crippen LogP contribution is -2.50. The summed E-state index contributed by atoms with van der Waals surface area (Å²) in [6.07, 6.45) is 2.33. The minimum atomic E-state index is -1.75. The molecule has 0 unspecified atom stereocenters. The number of carbonyl (C=O) groups is 4. The predicted octanol–water partition coefficient (Wildman–Crippen LogP) is 6.29. The third-order valence-electron chi connectivity index (χ3n) is 10.6. The standard InChI is InChI=1S/C44H44N4O7/c1-43(53,31-11-5-3-6-12-31)41(51)47-27-9-15-35(47)39(49)45-33-21-17-29(18-22-33)37-25-26-38(55-37)30-19-23-34(24-20-30)46-40(50)36-16-10-28-48(36)42(52)44(2,54)32-13-7-4-8-14-32/h3-8,11-14,17-26,35-36,53-54H,9-10,15-16,27-28H2,1-2H3,(H,45,49)(H,46,50)/t35-,36-,43-,44-/m0/s1. The normalized spacial score (nSPS) is 19.0. The van der Waals surface area contributed by atoms with E-state index >= 15 is 0 Å². The van der Waals surface area contributed by atoms with E-state index in [4.69, 9.17) is 4.42 Å². The van der Waals surface area contributed by atoms with Crippen molar-refractivity contribution >= 4 is 35.0 Å². The molecule has 0 radical (unpaired) electrons. The topological polar surface area (TPSA) is 152 Å². The fourth-order valence-corrected chi connectivity index (χ4v) is 7.43. The number of nitrogens with one attached hydrogen (secondary N) is 2. The molecule has 7 rings (SSSR count). The number of hydrogen-bond acceptors (Lipinski definition) is 7. The largest absolute Gasteiger partial charge is 0.456 e. The van der Waals surface area contributed by atoms with Gasteiger partial charge in [-0.1, -0.05) is 60.7 Å². The molecule has 0 aliphatic carbocycles. The molecule has 2 aliphatic rings. The lowest BCUT2D eigenvalue weighted by Gasteiger charge is -2.31. The lowest BCUT2D eigenvalue weighted by atomic mass is 9.94. The summed E-state index contributed by atoms with van der Waals surface area (Å²) in [5.41, 5.74) is 0.180. The highest BCUT2D eigenvalue weighted by Gasteiger charge is 2.44. The molecule has 282 valence electrons. The molecule has 2 fully saturated rings. The Kier molecular flexibility index (Phi) is 10.4. The number of furan rings is 1. The number of nitrogens with zero attached hydrogens (tertiary/aromatic N) is 2. The molecule has 55 heavy (non-hydrogen) atoms. The van der Waals surface area contributed by atoms with Gasteiger partial charge in [0, 0.05) is 35.6 Å². The molecule has 0 saturated carbocycles. The van der Waals surface area contributed by atoms with Gasteiger partial charge in [-0.2, -0.15) is 0 Å². The first kappa shape index (κ1) is 37.3. The predicted molar refractivity (Wildman–Crippen MR) is 208 cm³/mol. The van der Waals surface area contributed by atoms with Crippen LogP contribution < -0.4 is 10.6 Å². The number of rotatable bonds is 10. The van der Waals surface area contributed by atoms with E-state index < -0.39 is 35.1 Å².